The number of fused-ring (bicyclic) bond motifs is 1. The lowest BCUT2D eigenvalue weighted by Crippen LogP contribution is -2.55. The average molecular weight is 329 g/mol. The molecule has 2 atom stereocenters. The third kappa shape index (κ3) is 2.40. The van der Waals surface area contributed by atoms with Crippen LogP contribution in [0, 0.1) is 23.2 Å². The first-order valence-corrected chi connectivity index (χ1v) is 9.24. The number of nitrogens with one attached hydrogen (secondary N) is 1. The molecule has 1 aliphatic heterocycles. The van der Waals surface area contributed by atoms with E-state index >= 15 is 0 Å². The quantitative estimate of drug-likeness (QED) is 0.836. The van der Waals surface area contributed by atoms with E-state index in [-0.39, 0.29) is 0 Å². The van der Waals surface area contributed by atoms with Gasteiger partial charge in [-0.05, 0) is 44.6 Å². The summed E-state index contributed by atoms with van der Waals surface area (Å²) in [6, 6.07) is 3.96. The summed E-state index contributed by atoms with van der Waals surface area (Å²) in [5.74, 6) is 3.59. The molecule has 0 radical (unpaired) electrons. The van der Waals surface area contributed by atoms with Crippen molar-refractivity contribution < 1.29 is 9.47 Å². The van der Waals surface area contributed by atoms with Crippen LogP contribution in [0.4, 0.5) is 0 Å². The fourth-order valence-electron chi connectivity index (χ4n) is 4.72. The Hall–Kier alpha value is -1.33. The number of rotatable bonds is 6. The minimum absolute atomic E-state index is 0.306. The van der Waals surface area contributed by atoms with Crippen LogP contribution in [0.15, 0.2) is 12.1 Å². The predicted molar refractivity (Wildman–Crippen MR) is 91.0 cm³/mol. The van der Waals surface area contributed by atoms with Crippen LogP contribution >= 0.6 is 0 Å². The van der Waals surface area contributed by atoms with Crippen molar-refractivity contribution in [2.75, 3.05) is 19.7 Å². The molecule has 0 aromatic carbocycles. The lowest BCUT2D eigenvalue weighted by molar-refractivity contribution is -0.132. The van der Waals surface area contributed by atoms with Gasteiger partial charge < -0.3 is 20.5 Å². The molecular formula is C19H27N3O2. The highest BCUT2D eigenvalue weighted by atomic mass is 16.5. The molecule has 5 nitrogen and oxygen atoms in total. The third-order valence-electron chi connectivity index (χ3n) is 6.48. The number of nitrogens with two attached hydrogens (primary N) is 1. The summed E-state index contributed by atoms with van der Waals surface area (Å²) in [5.41, 5.74) is 7.34. The van der Waals surface area contributed by atoms with Gasteiger partial charge in [0.15, 0.2) is 0 Å². The number of ether oxygens (including phenoxy) is 2. The van der Waals surface area contributed by atoms with E-state index in [0.29, 0.717) is 35.1 Å². The van der Waals surface area contributed by atoms with Crippen LogP contribution in [0.2, 0.25) is 0 Å². The number of hydrogen-bond acceptors (Lipinski definition) is 5. The molecule has 6 rings (SSSR count). The van der Waals surface area contributed by atoms with Gasteiger partial charge in [0.05, 0.1) is 6.61 Å². The molecule has 5 heteroatoms. The maximum Gasteiger partial charge on any atom is 0.217 e. The lowest BCUT2D eigenvalue weighted by Gasteiger charge is -2.61. The molecule has 0 spiro atoms. The molecule has 1 saturated heterocycles. The highest BCUT2D eigenvalue weighted by Gasteiger charge is 2.57. The summed E-state index contributed by atoms with van der Waals surface area (Å²) in [5, 5.41) is 3.39. The summed E-state index contributed by atoms with van der Waals surface area (Å²) in [7, 11) is 0. The molecule has 1 aromatic rings. The fourth-order valence-corrected chi connectivity index (χ4v) is 4.72. The highest BCUT2D eigenvalue weighted by molar-refractivity contribution is 5.33. The normalized spacial score (nSPS) is 38.8. The Bertz CT molecular complexity index is 642. The number of pyridine rings is 1. The second-order valence-corrected chi connectivity index (χ2v) is 9.09. The number of hydrogen-bond donors (Lipinski definition) is 2. The average Bonchev–Trinajstić information content (AvgIpc) is 2.87. The van der Waals surface area contributed by atoms with Crippen molar-refractivity contribution in [1.29, 1.82) is 0 Å². The van der Waals surface area contributed by atoms with Crippen LogP contribution in [0.1, 0.15) is 38.7 Å². The van der Waals surface area contributed by atoms with Crippen molar-refractivity contribution in [1.82, 2.24) is 10.3 Å². The zero-order chi connectivity index (χ0) is 16.5. The second kappa shape index (κ2) is 4.85. The van der Waals surface area contributed by atoms with Gasteiger partial charge in [-0.15, -0.1) is 0 Å². The van der Waals surface area contributed by atoms with Crippen molar-refractivity contribution in [3.05, 3.63) is 17.7 Å². The molecule has 3 N–H and O–H groups in total. The topological polar surface area (TPSA) is 69.4 Å². The molecule has 5 fully saturated rings. The van der Waals surface area contributed by atoms with E-state index in [4.69, 9.17) is 15.2 Å². The molecule has 130 valence electrons. The van der Waals surface area contributed by atoms with Crippen LogP contribution in [-0.4, -0.2) is 30.8 Å². The van der Waals surface area contributed by atoms with Crippen LogP contribution in [0.3, 0.4) is 0 Å². The van der Waals surface area contributed by atoms with Crippen molar-refractivity contribution in [3.63, 3.8) is 0 Å². The Balaban J connectivity index is 1.33. The van der Waals surface area contributed by atoms with Gasteiger partial charge in [-0.25, -0.2) is 0 Å². The van der Waals surface area contributed by atoms with Gasteiger partial charge >= 0.3 is 0 Å². The van der Waals surface area contributed by atoms with Gasteiger partial charge in [-0.2, -0.15) is 4.98 Å². The number of nitrogens with zero attached hydrogens (tertiary/aromatic N) is 1. The van der Waals surface area contributed by atoms with Crippen LogP contribution in [0.25, 0.3) is 0 Å². The van der Waals surface area contributed by atoms with E-state index in [0.717, 1.165) is 31.2 Å². The number of aromatic nitrogens is 1. The molecule has 4 aliphatic carbocycles. The van der Waals surface area contributed by atoms with Crippen molar-refractivity contribution in [2.24, 2.45) is 28.9 Å². The van der Waals surface area contributed by atoms with E-state index in [1.165, 1.54) is 19.3 Å². The first-order valence-electron chi connectivity index (χ1n) is 9.24. The second-order valence-electron chi connectivity index (χ2n) is 9.09. The van der Waals surface area contributed by atoms with Gasteiger partial charge in [-0.3, -0.25) is 0 Å². The first-order chi connectivity index (χ1) is 11.4. The largest absolute Gasteiger partial charge is 0.477 e. The van der Waals surface area contributed by atoms with E-state index in [9.17, 15) is 0 Å². The molecule has 1 aromatic heterocycles. The van der Waals surface area contributed by atoms with Gasteiger partial charge in [-0.1, -0.05) is 0 Å². The van der Waals surface area contributed by atoms with Gasteiger partial charge in [0.1, 0.15) is 6.10 Å². The van der Waals surface area contributed by atoms with Gasteiger partial charge in [0.25, 0.3) is 0 Å². The summed E-state index contributed by atoms with van der Waals surface area (Å²) < 4.78 is 12.2. The Kier molecular flexibility index (Phi) is 3.03. The van der Waals surface area contributed by atoms with Crippen LogP contribution in [-0.2, 0) is 5.54 Å². The molecule has 5 aliphatic rings. The predicted octanol–water partition coefficient (Wildman–Crippen LogP) is 2.05. The summed E-state index contributed by atoms with van der Waals surface area (Å²) in [6.45, 7) is 6.91. The van der Waals surface area contributed by atoms with E-state index < -0.39 is 5.54 Å². The molecule has 24 heavy (non-hydrogen) atoms. The van der Waals surface area contributed by atoms with Crippen molar-refractivity contribution in [3.8, 4) is 11.8 Å². The van der Waals surface area contributed by atoms with Crippen molar-refractivity contribution in [2.45, 2.75) is 44.8 Å². The fraction of sp³-hybridized carbons (Fsp3) is 0.737. The molecule has 4 saturated carbocycles. The van der Waals surface area contributed by atoms with Gasteiger partial charge in [0.2, 0.25) is 11.8 Å². The molecular weight excluding hydrogens is 302 g/mol. The maximum atomic E-state index is 6.31. The van der Waals surface area contributed by atoms with Crippen LogP contribution < -0.4 is 20.5 Å². The van der Waals surface area contributed by atoms with Gasteiger partial charge in [0, 0.05) is 48.0 Å². The highest BCUT2D eigenvalue weighted by Crippen LogP contribution is 2.64. The molecule has 2 unspecified atom stereocenters. The minimum Gasteiger partial charge on any atom is -0.477 e. The van der Waals surface area contributed by atoms with Crippen LogP contribution in [0.5, 0.6) is 11.8 Å². The molecule has 0 amide bonds. The molecule has 2 bridgehead atoms. The summed E-state index contributed by atoms with van der Waals surface area (Å²) >= 11 is 0. The van der Waals surface area contributed by atoms with E-state index in [1.54, 1.807) is 0 Å². The zero-order valence-corrected chi connectivity index (χ0v) is 14.5. The Morgan fingerprint density at radius 2 is 1.88 bits per heavy atom. The first kappa shape index (κ1) is 15.0. The van der Waals surface area contributed by atoms with E-state index in [1.807, 2.05) is 26.0 Å². The monoisotopic (exact) mass is 329 g/mol. The maximum absolute atomic E-state index is 6.31. The summed E-state index contributed by atoms with van der Waals surface area (Å²) in [6.07, 6.45) is 4.30. The summed E-state index contributed by atoms with van der Waals surface area (Å²) in [4.78, 5) is 4.61. The molecule has 2 heterocycles. The minimum atomic E-state index is -0.434. The number of piperidine rings is 1. The third-order valence-corrected chi connectivity index (χ3v) is 6.48. The van der Waals surface area contributed by atoms with E-state index in [2.05, 4.69) is 10.3 Å². The van der Waals surface area contributed by atoms with Crippen molar-refractivity contribution >= 4 is 0 Å². The Morgan fingerprint density at radius 3 is 2.46 bits per heavy atom. The zero-order valence-electron chi connectivity index (χ0n) is 14.5. The lowest BCUT2D eigenvalue weighted by atomic mass is 9.45. The smallest absolute Gasteiger partial charge is 0.217 e. The Labute approximate surface area is 143 Å². The standard InChI is InChI=1S/C19H27N3O2/c1-18(2,20)12-3-15(23-10-19-5-11(6-19)7-19)22-16(4-12)24-17-13-8-21-9-14(13)17/h3-4,11,13-14,17,21H,5-10,20H2,1-2H3. The Morgan fingerprint density at radius 1 is 1.21 bits per heavy atom. The SMILES string of the molecule is CC(C)(N)c1cc(OCC23CC(C2)C3)nc(OC2C3CNCC32)c1.